The molecule has 3 aromatic heterocycles. The summed E-state index contributed by atoms with van der Waals surface area (Å²) in [5.74, 6) is 1.55. The van der Waals surface area contributed by atoms with E-state index in [2.05, 4.69) is 33.7 Å². The standard InChI is InChI=1S/C27H27ClN6O2S/c1-3-19-23(28)22-24(31-19)32-27(33-25(22)34-12-15(13-34)11-29-26(36)17-4-5-17)37-18-8-6-16-7-9-20(14(2)35)30-21(16)10-18/h6-10,15,17,35H,2-5,11-13H2,1H3,(H,29,36)(H,31,32,33). The van der Waals surface area contributed by atoms with Gasteiger partial charge < -0.3 is 20.3 Å². The Morgan fingerprint density at radius 3 is 2.76 bits per heavy atom. The number of aliphatic hydroxyl groups is 1. The molecule has 3 N–H and O–H groups in total. The van der Waals surface area contributed by atoms with Gasteiger partial charge in [-0.2, -0.15) is 0 Å². The number of pyridine rings is 1. The largest absolute Gasteiger partial charge is 0.506 e. The molecule has 1 saturated heterocycles. The molecule has 0 radical (unpaired) electrons. The highest BCUT2D eigenvalue weighted by molar-refractivity contribution is 7.99. The minimum Gasteiger partial charge on any atom is -0.506 e. The summed E-state index contributed by atoms with van der Waals surface area (Å²) in [4.78, 5) is 32.8. The Labute approximate surface area is 223 Å². The quantitative estimate of drug-likeness (QED) is 0.206. The van der Waals surface area contributed by atoms with Crippen LogP contribution in [0.1, 0.15) is 31.2 Å². The third-order valence-electron chi connectivity index (χ3n) is 6.91. The minimum atomic E-state index is -0.0614. The number of aromatic amines is 1. The number of rotatable bonds is 8. The average Bonchev–Trinajstić information content (AvgIpc) is 3.66. The number of aliphatic hydroxyl groups excluding tert-OH is 1. The highest BCUT2D eigenvalue weighted by atomic mass is 35.5. The molecule has 1 amide bonds. The number of fused-ring (bicyclic) bond motifs is 2. The van der Waals surface area contributed by atoms with E-state index in [4.69, 9.17) is 21.6 Å². The van der Waals surface area contributed by atoms with Crippen LogP contribution < -0.4 is 10.2 Å². The predicted octanol–water partition coefficient (Wildman–Crippen LogP) is 5.36. The molecular formula is C27H27ClN6O2S. The molecule has 0 spiro atoms. The number of amides is 1. The molecule has 10 heteroatoms. The number of benzene rings is 1. The van der Waals surface area contributed by atoms with Gasteiger partial charge in [-0.1, -0.05) is 37.2 Å². The Balaban J connectivity index is 1.27. The Bertz CT molecular complexity index is 1540. The lowest BCUT2D eigenvalue weighted by atomic mass is 9.99. The van der Waals surface area contributed by atoms with E-state index in [1.165, 1.54) is 11.8 Å². The summed E-state index contributed by atoms with van der Waals surface area (Å²) in [5.41, 5.74) is 2.87. The zero-order valence-corrected chi connectivity index (χ0v) is 22.0. The fraction of sp³-hybridized carbons (Fsp3) is 0.333. The van der Waals surface area contributed by atoms with Gasteiger partial charge in [0.25, 0.3) is 0 Å². The summed E-state index contributed by atoms with van der Waals surface area (Å²) in [6.45, 7) is 7.92. The van der Waals surface area contributed by atoms with Crippen molar-refractivity contribution in [2.75, 3.05) is 24.5 Å². The maximum Gasteiger partial charge on any atom is 0.223 e. The van der Waals surface area contributed by atoms with Gasteiger partial charge in [0, 0.05) is 47.4 Å². The number of hydrogen-bond donors (Lipinski definition) is 3. The second-order valence-electron chi connectivity index (χ2n) is 9.71. The molecule has 2 fully saturated rings. The maximum atomic E-state index is 12.0. The van der Waals surface area contributed by atoms with E-state index in [1.54, 1.807) is 6.07 Å². The highest BCUT2D eigenvalue weighted by Crippen LogP contribution is 2.39. The van der Waals surface area contributed by atoms with Crippen LogP contribution >= 0.6 is 23.4 Å². The molecule has 1 aromatic carbocycles. The first-order valence-electron chi connectivity index (χ1n) is 12.5. The predicted molar refractivity (Wildman–Crippen MR) is 147 cm³/mol. The van der Waals surface area contributed by atoms with Gasteiger partial charge in [-0.25, -0.2) is 15.0 Å². The fourth-order valence-corrected chi connectivity index (χ4v) is 5.76. The molecule has 4 aromatic rings. The van der Waals surface area contributed by atoms with E-state index in [1.807, 2.05) is 24.3 Å². The molecule has 6 rings (SSSR count). The summed E-state index contributed by atoms with van der Waals surface area (Å²) in [7, 11) is 0. The summed E-state index contributed by atoms with van der Waals surface area (Å²) >= 11 is 8.20. The molecule has 1 saturated carbocycles. The van der Waals surface area contributed by atoms with Crippen LogP contribution in [-0.2, 0) is 11.2 Å². The van der Waals surface area contributed by atoms with Crippen molar-refractivity contribution >= 4 is 62.8 Å². The van der Waals surface area contributed by atoms with Gasteiger partial charge in [-0.15, -0.1) is 0 Å². The molecule has 0 atom stereocenters. The van der Waals surface area contributed by atoms with Crippen LogP contribution in [0, 0.1) is 11.8 Å². The summed E-state index contributed by atoms with van der Waals surface area (Å²) in [6, 6.07) is 9.62. The van der Waals surface area contributed by atoms with Crippen molar-refractivity contribution in [2.24, 2.45) is 11.8 Å². The van der Waals surface area contributed by atoms with E-state index in [0.717, 1.165) is 70.7 Å². The second-order valence-corrected chi connectivity index (χ2v) is 11.1. The lowest BCUT2D eigenvalue weighted by Crippen LogP contribution is -2.52. The zero-order valence-electron chi connectivity index (χ0n) is 20.4. The summed E-state index contributed by atoms with van der Waals surface area (Å²) in [6.07, 6.45) is 2.79. The number of nitrogens with one attached hydrogen (secondary N) is 2. The van der Waals surface area contributed by atoms with E-state index >= 15 is 0 Å². The normalized spacial score (nSPS) is 15.8. The number of carbonyl (C=O) groups is 1. The number of H-pyrrole nitrogens is 1. The van der Waals surface area contributed by atoms with Gasteiger partial charge in [-0.05, 0) is 49.2 Å². The van der Waals surface area contributed by atoms with E-state index in [0.29, 0.717) is 28.3 Å². The fourth-order valence-electron chi connectivity index (χ4n) is 4.62. The molecule has 8 nitrogen and oxygen atoms in total. The van der Waals surface area contributed by atoms with Gasteiger partial charge in [0.05, 0.1) is 15.9 Å². The molecule has 190 valence electrons. The smallest absolute Gasteiger partial charge is 0.223 e. The molecule has 0 bridgehead atoms. The Hall–Kier alpha value is -3.30. The molecule has 0 unspecified atom stereocenters. The maximum absolute atomic E-state index is 12.0. The van der Waals surface area contributed by atoms with Crippen molar-refractivity contribution in [3.63, 3.8) is 0 Å². The molecule has 2 aliphatic rings. The van der Waals surface area contributed by atoms with Crippen molar-refractivity contribution in [1.82, 2.24) is 25.3 Å². The van der Waals surface area contributed by atoms with Crippen LogP contribution in [0.5, 0.6) is 0 Å². The SMILES string of the molecule is C=C(O)c1ccc2ccc(Sc3nc(N4CC(CNC(=O)C5CC5)C4)c4c(Cl)c(CC)[nH]c4n3)cc2n1. The van der Waals surface area contributed by atoms with Gasteiger partial charge in [0.2, 0.25) is 5.91 Å². The van der Waals surface area contributed by atoms with Crippen LogP contribution in [0.25, 0.3) is 27.7 Å². The zero-order chi connectivity index (χ0) is 25.7. The molecule has 1 aliphatic heterocycles. The van der Waals surface area contributed by atoms with E-state index in [-0.39, 0.29) is 17.6 Å². The van der Waals surface area contributed by atoms with Gasteiger partial charge in [0.1, 0.15) is 22.9 Å². The number of aryl methyl sites for hydroxylation is 1. The van der Waals surface area contributed by atoms with Crippen LogP contribution in [-0.4, -0.2) is 50.6 Å². The molecular weight excluding hydrogens is 508 g/mol. The topological polar surface area (TPSA) is 107 Å². The molecule has 4 heterocycles. The van der Waals surface area contributed by atoms with Crippen LogP contribution in [0.4, 0.5) is 5.82 Å². The highest BCUT2D eigenvalue weighted by Gasteiger charge is 2.34. The number of hydrogen-bond acceptors (Lipinski definition) is 7. The Morgan fingerprint density at radius 2 is 2.03 bits per heavy atom. The number of anilines is 1. The molecule has 37 heavy (non-hydrogen) atoms. The van der Waals surface area contributed by atoms with Crippen LogP contribution in [0.3, 0.4) is 0 Å². The first-order chi connectivity index (χ1) is 17.9. The number of nitrogens with zero attached hydrogens (tertiary/aromatic N) is 4. The van der Waals surface area contributed by atoms with Crippen molar-refractivity contribution in [3.8, 4) is 0 Å². The third-order valence-corrected chi connectivity index (χ3v) is 8.19. The Kier molecular flexibility index (Phi) is 6.20. The van der Waals surface area contributed by atoms with Gasteiger partial charge in [-0.3, -0.25) is 4.79 Å². The third kappa shape index (κ3) is 4.73. The van der Waals surface area contributed by atoms with E-state index < -0.39 is 0 Å². The Morgan fingerprint density at radius 1 is 1.24 bits per heavy atom. The lowest BCUT2D eigenvalue weighted by molar-refractivity contribution is -0.122. The lowest BCUT2D eigenvalue weighted by Gasteiger charge is -2.40. The van der Waals surface area contributed by atoms with Crippen molar-refractivity contribution < 1.29 is 9.90 Å². The van der Waals surface area contributed by atoms with Crippen LogP contribution in [0.2, 0.25) is 5.02 Å². The monoisotopic (exact) mass is 534 g/mol. The van der Waals surface area contributed by atoms with Crippen molar-refractivity contribution in [1.29, 1.82) is 0 Å². The van der Waals surface area contributed by atoms with Gasteiger partial charge >= 0.3 is 0 Å². The number of halogens is 1. The first-order valence-corrected chi connectivity index (χ1v) is 13.7. The van der Waals surface area contributed by atoms with Crippen molar-refractivity contribution in [3.05, 3.63) is 53.3 Å². The first kappa shape index (κ1) is 24.1. The molecule has 1 aliphatic carbocycles. The minimum absolute atomic E-state index is 0.0614. The van der Waals surface area contributed by atoms with E-state index in [9.17, 15) is 9.90 Å². The summed E-state index contributed by atoms with van der Waals surface area (Å²) < 4.78 is 0. The summed E-state index contributed by atoms with van der Waals surface area (Å²) in [5, 5.41) is 15.9. The van der Waals surface area contributed by atoms with Crippen LogP contribution in [0.15, 0.2) is 47.0 Å². The van der Waals surface area contributed by atoms with Gasteiger partial charge in [0.15, 0.2) is 5.16 Å². The number of aromatic nitrogens is 4. The number of carbonyl (C=O) groups excluding carboxylic acids is 1. The average molecular weight is 535 g/mol. The second kappa shape index (κ2) is 9.54. The van der Waals surface area contributed by atoms with Crippen molar-refractivity contribution in [2.45, 2.75) is 36.2 Å².